The van der Waals surface area contributed by atoms with Crippen LogP contribution in [-0.2, 0) is 9.53 Å². The quantitative estimate of drug-likeness (QED) is 0.753. The molecule has 0 saturated carbocycles. The minimum Gasteiger partial charge on any atom is -0.373 e. The van der Waals surface area contributed by atoms with Gasteiger partial charge in [0.1, 0.15) is 0 Å². The standard InChI is InChI=1S/C9H16BrNO2/c1-6(10)8(12)11-7-4-5-13-9(7,2)3/h6-7H,4-5H2,1-3H3,(H,11,12). The van der Waals surface area contributed by atoms with Gasteiger partial charge in [0.05, 0.1) is 16.5 Å². The van der Waals surface area contributed by atoms with E-state index >= 15 is 0 Å². The molecule has 1 saturated heterocycles. The van der Waals surface area contributed by atoms with Crippen LogP contribution in [0.2, 0.25) is 0 Å². The monoisotopic (exact) mass is 249 g/mol. The topological polar surface area (TPSA) is 38.3 Å². The minimum atomic E-state index is -0.225. The number of halogens is 1. The van der Waals surface area contributed by atoms with Crippen molar-refractivity contribution in [3.8, 4) is 0 Å². The molecule has 0 aromatic heterocycles. The number of hydrogen-bond donors (Lipinski definition) is 1. The van der Waals surface area contributed by atoms with Crippen LogP contribution in [0.4, 0.5) is 0 Å². The highest BCUT2D eigenvalue weighted by molar-refractivity contribution is 9.10. The first kappa shape index (κ1) is 11.0. The van der Waals surface area contributed by atoms with Gasteiger partial charge in [0.2, 0.25) is 5.91 Å². The van der Waals surface area contributed by atoms with Crippen molar-refractivity contribution in [3.05, 3.63) is 0 Å². The number of amides is 1. The number of hydrogen-bond acceptors (Lipinski definition) is 2. The van der Waals surface area contributed by atoms with Gasteiger partial charge in [0, 0.05) is 6.61 Å². The van der Waals surface area contributed by atoms with Gasteiger partial charge in [0.25, 0.3) is 0 Å². The van der Waals surface area contributed by atoms with Crippen LogP contribution >= 0.6 is 15.9 Å². The maximum atomic E-state index is 11.4. The Labute approximate surface area is 87.3 Å². The Balaban J connectivity index is 2.50. The van der Waals surface area contributed by atoms with Crippen molar-refractivity contribution in [3.63, 3.8) is 0 Å². The van der Waals surface area contributed by atoms with E-state index in [4.69, 9.17) is 4.74 Å². The Kier molecular flexibility index (Phi) is 3.35. The molecule has 1 rings (SSSR count). The third kappa shape index (κ3) is 2.68. The minimum absolute atomic E-state index is 0.0311. The molecule has 0 spiro atoms. The van der Waals surface area contributed by atoms with Crippen LogP contribution in [0.5, 0.6) is 0 Å². The van der Waals surface area contributed by atoms with Gasteiger partial charge in [0.15, 0.2) is 0 Å². The second kappa shape index (κ2) is 3.96. The molecule has 2 unspecified atom stereocenters. The Morgan fingerprint density at radius 2 is 2.31 bits per heavy atom. The van der Waals surface area contributed by atoms with E-state index in [1.165, 1.54) is 0 Å². The van der Waals surface area contributed by atoms with Gasteiger partial charge in [-0.3, -0.25) is 4.79 Å². The van der Waals surface area contributed by atoms with E-state index in [1.807, 2.05) is 20.8 Å². The van der Waals surface area contributed by atoms with Crippen molar-refractivity contribution in [2.75, 3.05) is 6.61 Å². The van der Waals surface area contributed by atoms with E-state index in [1.54, 1.807) is 0 Å². The average Bonchev–Trinajstić information content (AvgIpc) is 2.30. The van der Waals surface area contributed by atoms with E-state index in [9.17, 15) is 4.79 Å². The molecule has 0 aromatic rings. The third-order valence-electron chi connectivity index (χ3n) is 2.40. The first-order valence-corrected chi connectivity index (χ1v) is 5.43. The zero-order chi connectivity index (χ0) is 10.1. The fraction of sp³-hybridized carbons (Fsp3) is 0.889. The highest BCUT2D eigenvalue weighted by Crippen LogP contribution is 2.24. The number of carbonyl (C=O) groups excluding carboxylic acids is 1. The molecule has 0 bridgehead atoms. The third-order valence-corrected chi connectivity index (χ3v) is 2.81. The van der Waals surface area contributed by atoms with E-state index in [2.05, 4.69) is 21.2 Å². The van der Waals surface area contributed by atoms with Gasteiger partial charge in [-0.05, 0) is 27.2 Å². The number of ether oxygens (including phenoxy) is 1. The Morgan fingerprint density at radius 1 is 1.69 bits per heavy atom. The van der Waals surface area contributed by atoms with Crippen LogP contribution in [0.1, 0.15) is 27.2 Å². The summed E-state index contributed by atoms with van der Waals surface area (Å²) >= 11 is 3.23. The van der Waals surface area contributed by atoms with E-state index < -0.39 is 0 Å². The highest BCUT2D eigenvalue weighted by atomic mass is 79.9. The van der Waals surface area contributed by atoms with Crippen molar-refractivity contribution >= 4 is 21.8 Å². The summed E-state index contributed by atoms with van der Waals surface area (Å²) in [6.07, 6.45) is 0.901. The summed E-state index contributed by atoms with van der Waals surface area (Å²) in [6, 6.07) is 0.139. The molecular weight excluding hydrogens is 234 g/mol. The normalized spacial score (nSPS) is 28.5. The van der Waals surface area contributed by atoms with E-state index in [0.29, 0.717) is 0 Å². The highest BCUT2D eigenvalue weighted by Gasteiger charge is 2.36. The number of alkyl halides is 1. The molecule has 3 nitrogen and oxygen atoms in total. The molecule has 0 aromatic carbocycles. The van der Waals surface area contributed by atoms with Gasteiger partial charge in [-0.1, -0.05) is 15.9 Å². The molecule has 2 atom stereocenters. The SMILES string of the molecule is CC(Br)C(=O)NC1CCOC1(C)C. The lowest BCUT2D eigenvalue weighted by molar-refractivity contribution is -0.122. The largest absolute Gasteiger partial charge is 0.373 e. The van der Waals surface area contributed by atoms with Gasteiger partial charge in [-0.25, -0.2) is 0 Å². The second-order valence-corrected chi connectivity index (χ2v) is 5.29. The van der Waals surface area contributed by atoms with Crippen molar-refractivity contribution in [2.24, 2.45) is 0 Å². The van der Waals surface area contributed by atoms with Crippen LogP contribution in [-0.4, -0.2) is 29.0 Å². The predicted octanol–water partition coefficient (Wildman–Crippen LogP) is 1.45. The molecule has 1 heterocycles. The zero-order valence-electron chi connectivity index (χ0n) is 8.26. The van der Waals surface area contributed by atoms with Crippen LogP contribution in [0.15, 0.2) is 0 Å². The molecule has 1 N–H and O–H groups in total. The summed E-state index contributed by atoms with van der Waals surface area (Å²) < 4.78 is 5.50. The number of nitrogens with one attached hydrogen (secondary N) is 1. The van der Waals surface area contributed by atoms with Crippen molar-refractivity contribution in [1.29, 1.82) is 0 Å². The van der Waals surface area contributed by atoms with Crippen molar-refractivity contribution < 1.29 is 9.53 Å². The Morgan fingerprint density at radius 3 is 2.69 bits per heavy atom. The lowest BCUT2D eigenvalue weighted by atomic mass is 9.99. The van der Waals surface area contributed by atoms with Crippen LogP contribution in [0, 0.1) is 0 Å². The molecule has 1 fully saturated rings. The fourth-order valence-corrected chi connectivity index (χ4v) is 1.55. The van der Waals surface area contributed by atoms with Crippen molar-refractivity contribution in [1.82, 2.24) is 5.32 Å². The lowest BCUT2D eigenvalue weighted by Crippen LogP contribution is -2.47. The van der Waals surface area contributed by atoms with Crippen LogP contribution in [0.25, 0.3) is 0 Å². The number of carbonyl (C=O) groups is 1. The maximum Gasteiger partial charge on any atom is 0.233 e. The predicted molar refractivity (Wildman–Crippen MR) is 55.0 cm³/mol. The van der Waals surface area contributed by atoms with Crippen LogP contribution < -0.4 is 5.32 Å². The summed E-state index contributed by atoms with van der Waals surface area (Å²) in [4.78, 5) is 11.2. The molecule has 1 aliphatic heterocycles. The molecular formula is C9H16BrNO2. The number of rotatable bonds is 2. The first-order chi connectivity index (χ1) is 5.93. The Hall–Kier alpha value is -0.0900. The van der Waals surface area contributed by atoms with Gasteiger partial charge in [-0.15, -0.1) is 0 Å². The Bertz CT molecular complexity index is 204. The molecule has 1 amide bonds. The molecule has 0 radical (unpaired) electrons. The van der Waals surface area contributed by atoms with E-state index in [0.717, 1.165) is 13.0 Å². The van der Waals surface area contributed by atoms with Crippen molar-refractivity contribution in [2.45, 2.75) is 43.7 Å². The first-order valence-electron chi connectivity index (χ1n) is 4.52. The van der Waals surface area contributed by atoms with E-state index in [-0.39, 0.29) is 22.4 Å². The van der Waals surface area contributed by atoms with Crippen LogP contribution in [0.3, 0.4) is 0 Å². The summed E-state index contributed by atoms with van der Waals surface area (Å²) in [5.74, 6) is 0.0311. The molecule has 0 aliphatic carbocycles. The molecule has 76 valence electrons. The lowest BCUT2D eigenvalue weighted by Gasteiger charge is -2.26. The summed E-state index contributed by atoms with van der Waals surface area (Å²) in [6.45, 7) is 6.56. The molecule has 13 heavy (non-hydrogen) atoms. The molecule has 4 heteroatoms. The van der Waals surface area contributed by atoms with Gasteiger partial charge in [-0.2, -0.15) is 0 Å². The maximum absolute atomic E-state index is 11.4. The second-order valence-electron chi connectivity index (χ2n) is 3.92. The fourth-order valence-electron chi connectivity index (χ4n) is 1.42. The van der Waals surface area contributed by atoms with Gasteiger partial charge < -0.3 is 10.1 Å². The summed E-state index contributed by atoms with van der Waals surface area (Å²) in [5, 5.41) is 2.96. The van der Waals surface area contributed by atoms with Gasteiger partial charge >= 0.3 is 0 Å². The molecule has 1 aliphatic rings. The summed E-state index contributed by atoms with van der Waals surface area (Å²) in [5.41, 5.74) is -0.225. The smallest absolute Gasteiger partial charge is 0.233 e. The summed E-state index contributed by atoms with van der Waals surface area (Å²) in [7, 11) is 0. The average molecular weight is 250 g/mol. The zero-order valence-corrected chi connectivity index (χ0v) is 9.85.